The molecule has 0 saturated heterocycles. The second-order valence-electron chi connectivity index (χ2n) is 14.4. The number of carbonyl (C=O) groups is 2. The normalized spacial score (nSPS) is 11.0. The minimum Gasteiger partial charge on any atom is -0.506 e. The number of hydrogen-bond acceptors (Lipinski definition) is 10. The minimum absolute atomic E-state index is 0.0311. The maximum absolute atomic E-state index is 14.2. The van der Waals surface area contributed by atoms with Crippen molar-refractivity contribution in [3.63, 3.8) is 0 Å². The van der Waals surface area contributed by atoms with E-state index in [2.05, 4.69) is 22.4 Å². The van der Waals surface area contributed by atoms with Crippen LogP contribution in [-0.2, 0) is 5.75 Å². The fraction of sp³-hybridized carbons (Fsp3) is 0.304. The van der Waals surface area contributed by atoms with E-state index in [1.807, 2.05) is 34.9 Å². The molecule has 13 nitrogen and oxygen atoms in total. The number of rotatable bonds is 21. The number of amides is 2. The number of nitrogens with one attached hydrogen (secondary N) is 1. The van der Waals surface area contributed by atoms with Crippen LogP contribution in [0.15, 0.2) is 115 Å². The topological polar surface area (TPSA) is 162 Å². The number of benzene rings is 5. The Morgan fingerprint density at radius 1 is 0.833 bits per heavy atom. The smallest absolute Gasteiger partial charge is 0.420 e. The Kier molecular flexibility index (Phi) is 15.5. The standard InChI is InChI=1S/C46H50N6O7S/c1-3-4-5-6-7-8-9-10-11-17-29-50(39-23-18-21-36-35(39)26-27-37(43(36)53)44(54)48-38-22-15-16-24-41(38)58-2)46(55)59-42-28-25-33(30-40(42)52(56)57)31-60-45-49-47-32-51(45)34-19-13-12-14-20-34/h12-16,18-28,30,32,53H,3-11,17,29,31H2,1-2H3,(H,48,54). The van der Waals surface area contributed by atoms with E-state index in [0.29, 0.717) is 50.8 Å². The van der Waals surface area contributed by atoms with Gasteiger partial charge in [0.05, 0.1) is 29.0 Å². The Labute approximate surface area is 353 Å². The van der Waals surface area contributed by atoms with Crippen LogP contribution in [0.5, 0.6) is 17.2 Å². The number of nitrogens with zero attached hydrogens (tertiary/aromatic N) is 5. The summed E-state index contributed by atoms with van der Waals surface area (Å²) >= 11 is 1.37. The molecule has 0 bridgehead atoms. The Balaban J connectivity index is 1.22. The van der Waals surface area contributed by atoms with Gasteiger partial charge in [-0.25, -0.2) is 4.79 Å². The monoisotopic (exact) mass is 830 g/mol. The molecule has 312 valence electrons. The highest BCUT2D eigenvalue weighted by Gasteiger charge is 2.26. The summed E-state index contributed by atoms with van der Waals surface area (Å²) in [4.78, 5) is 40.9. The Bertz CT molecular complexity index is 2390. The molecule has 0 atom stereocenters. The van der Waals surface area contributed by atoms with Gasteiger partial charge in [-0.15, -0.1) is 10.2 Å². The van der Waals surface area contributed by atoms with Crippen LogP contribution in [0.4, 0.5) is 21.9 Å². The second-order valence-corrected chi connectivity index (χ2v) is 15.3. The first-order valence-corrected chi connectivity index (χ1v) is 21.3. The van der Waals surface area contributed by atoms with Crippen LogP contribution in [0.3, 0.4) is 0 Å². The van der Waals surface area contributed by atoms with Gasteiger partial charge in [0.2, 0.25) is 5.75 Å². The molecule has 0 unspecified atom stereocenters. The maximum Gasteiger partial charge on any atom is 0.420 e. The Hall–Kier alpha value is -6.41. The van der Waals surface area contributed by atoms with Crippen molar-refractivity contribution in [3.8, 4) is 22.9 Å². The lowest BCUT2D eigenvalue weighted by molar-refractivity contribution is -0.385. The molecule has 2 N–H and O–H groups in total. The van der Waals surface area contributed by atoms with Crippen LogP contribution >= 0.6 is 11.8 Å². The third-order valence-corrected chi connectivity index (χ3v) is 11.2. The molecule has 1 aromatic heterocycles. The molecule has 60 heavy (non-hydrogen) atoms. The molecule has 0 saturated carbocycles. The summed E-state index contributed by atoms with van der Waals surface area (Å²) in [6.45, 7) is 2.47. The third kappa shape index (κ3) is 11.0. The number of hydrogen-bond donors (Lipinski definition) is 2. The number of unbranched alkanes of at least 4 members (excludes halogenated alkanes) is 9. The Morgan fingerprint density at radius 3 is 2.28 bits per heavy atom. The Morgan fingerprint density at radius 2 is 1.55 bits per heavy atom. The zero-order valence-corrected chi connectivity index (χ0v) is 34.7. The average molecular weight is 831 g/mol. The number of phenolic OH excluding ortho intramolecular Hbond substituents is 1. The highest BCUT2D eigenvalue weighted by Crippen LogP contribution is 2.37. The molecular formula is C46H50N6O7S. The van der Waals surface area contributed by atoms with Crippen molar-refractivity contribution < 1.29 is 29.1 Å². The van der Waals surface area contributed by atoms with E-state index in [0.717, 1.165) is 31.4 Å². The first-order valence-electron chi connectivity index (χ1n) is 20.3. The number of phenols is 1. The summed E-state index contributed by atoms with van der Waals surface area (Å²) in [5.74, 6) is -0.187. The highest BCUT2D eigenvalue weighted by atomic mass is 32.2. The fourth-order valence-electron chi connectivity index (χ4n) is 7.02. The number of fused-ring (bicyclic) bond motifs is 1. The zero-order valence-electron chi connectivity index (χ0n) is 33.9. The molecule has 0 aliphatic heterocycles. The number of nitro groups is 1. The van der Waals surface area contributed by atoms with Gasteiger partial charge in [0.1, 0.15) is 17.8 Å². The van der Waals surface area contributed by atoms with E-state index in [4.69, 9.17) is 9.47 Å². The molecule has 2 amide bonds. The molecule has 0 spiro atoms. The summed E-state index contributed by atoms with van der Waals surface area (Å²) in [6.07, 6.45) is 11.8. The van der Waals surface area contributed by atoms with Crippen LogP contribution < -0.4 is 19.7 Å². The van der Waals surface area contributed by atoms with Gasteiger partial charge in [0.25, 0.3) is 5.91 Å². The van der Waals surface area contributed by atoms with Crippen molar-refractivity contribution in [2.75, 3.05) is 23.9 Å². The van der Waals surface area contributed by atoms with E-state index in [1.165, 1.54) is 74.1 Å². The summed E-state index contributed by atoms with van der Waals surface area (Å²) in [7, 11) is 1.50. The van der Waals surface area contributed by atoms with Crippen LogP contribution in [-0.4, -0.2) is 50.4 Å². The van der Waals surface area contributed by atoms with E-state index < -0.39 is 16.9 Å². The molecule has 0 aliphatic rings. The van der Waals surface area contributed by atoms with Crippen molar-refractivity contribution in [1.82, 2.24) is 14.8 Å². The summed E-state index contributed by atoms with van der Waals surface area (Å²) < 4.78 is 13.1. The molecule has 0 fully saturated rings. The highest BCUT2D eigenvalue weighted by molar-refractivity contribution is 7.98. The van der Waals surface area contributed by atoms with Crippen LogP contribution in [0.2, 0.25) is 0 Å². The number of aromatic nitrogens is 3. The van der Waals surface area contributed by atoms with Gasteiger partial charge in [0.15, 0.2) is 5.16 Å². The van der Waals surface area contributed by atoms with Crippen molar-refractivity contribution in [2.45, 2.75) is 82.0 Å². The van der Waals surface area contributed by atoms with Crippen molar-refractivity contribution in [2.24, 2.45) is 0 Å². The quantitative estimate of drug-likeness (QED) is 0.0309. The molecular weight excluding hydrogens is 781 g/mol. The van der Waals surface area contributed by atoms with Gasteiger partial charge in [-0.2, -0.15) is 0 Å². The number of aromatic hydroxyl groups is 1. The fourth-order valence-corrected chi connectivity index (χ4v) is 7.89. The number of para-hydroxylation sites is 3. The van der Waals surface area contributed by atoms with E-state index in [9.17, 15) is 24.8 Å². The number of nitro benzene ring substituents is 1. The third-order valence-electron chi connectivity index (χ3n) is 10.2. The molecule has 1 heterocycles. The van der Waals surface area contributed by atoms with Gasteiger partial charge in [-0.3, -0.25) is 24.4 Å². The van der Waals surface area contributed by atoms with E-state index in [-0.39, 0.29) is 29.3 Å². The first kappa shape index (κ1) is 43.2. The maximum atomic E-state index is 14.2. The minimum atomic E-state index is -0.808. The van der Waals surface area contributed by atoms with Crippen molar-refractivity contribution in [1.29, 1.82) is 0 Å². The lowest BCUT2D eigenvalue weighted by atomic mass is 10.0. The van der Waals surface area contributed by atoms with Gasteiger partial charge < -0.3 is 19.9 Å². The van der Waals surface area contributed by atoms with Crippen LogP contribution in [0, 0.1) is 10.1 Å². The van der Waals surface area contributed by atoms with Crippen LogP contribution in [0.25, 0.3) is 16.5 Å². The van der Waals surface area contributed by atoms with Gasteiger partial charge in [-0.05, 0) is 54.4 Å². The molecule has 6 aromatic rings. The molecule has 5 aromatic carbocycles. The SMILES string of the molecule is CCCCCCCCCCCCN(C(=O)Oc1ccc(CSc2nncn2-c2ccccc2)cc1[N+](=O)[O-])c1cccc2c(O)c(C(=O)Nc3ccccc3OC)ccc12. The first-order chi connectivity index (χ1) is 29.3. The predicted molar refractivity (Wildman–Crippen MR) is 236 cm³/mol. The molecule has 0 radical (unpaired) electrons. The van der Waals surface area contributed by atoms with E-state index >= 15 is 0 Å². The number of methoxy groups -OCH3 is 1. The van der Waals surface area contributed by atoms with Crippen LogP contribution in [0.1, 0.15) is 87.1 Å². The summed E-state index contributed by atoms with van der Waals surface area (Å²) in [5.41, 5.74) is 2.06. The van der Waals surface area contributed by atoms with Gasteiger partial charge >= 0.3 is 11.8 Å². The zero-order chi connectivity index (χ0) is 42.3. The lowest BCUT2D eigenvalue weighted by Crippen LogP contribution is -2.34. The molecule has 0 aliphatic carbocycles. The average Bonchev–Trinajstić information content (AvgIpc) is 3.74. The van der Waals surface area contributed by atoms with Crippen molar-refractivity contribution in [3.05, 3.63) is 131 Å². The lowest BCUT2D eigenvalue weighted by Gasteiger charge is -2.24. The second kappa shape index (κ2) is 21.6. The molecule has 6 rings (SSSR count). The number of thioether (sulfide) groups is 1. The van der Waals surface area contributed by atoms with E-state index in [1.54, 1.807) is 60.9 Å². The van der Waals surface area contributed by atoms with Gasteiger partial charge in [0, 0.05) is 34.8 Å². The predicted octanol–water partition coefficient (Wildman–Crippen LogP) is 11.5. The molecule has 14 heteroatoms. The number of carbonyl (C=O) groups excluding carboxylic acids is 2. The summed E-state index contributed by atoms with van der Waals surface area (Å²) in [6, 6.07) is 29.4. The van der Waals surface area contributed by atoms with Gasteiger partial charge in [-0.1, -0.05) is 131 Å². The number of ether oxygens (including phenoxy) is 2. The summed E-state index contributed by atoms with van der Waals surface area (Å²) in [5, 5.41) is 36.4. The van der Waals surface area contributed by atoms with Crippen molar-refractivity contribution >= 4 is 51.6 Å². The number of anilines is 2. The largest absolute Gasteiger partial charge is 0.506 e.